The molecular formula is C28H24N2O5. The largest absolute Gasteiger partial charge is 0.497 e. The van der Waals surface area contributed by atoms with E-state index in [9.17, 15) is 9.59 Å². The summed E-state index contributed by atoms with van der Waals surface area (Å²) in [4.78, 5) is 24.9. The summed E-state index contributed by atoms with van der Waals surface area (Å²) in [7, 11) is 1.58. The standard InChI is InChI=1S/C28H24N2O5/c1-19-7-9-21(10-8-19)28(32)35-26-16-11-20-5-3-4-6-24(20)25(26)17-29-30-27(31)18-34-23-14-12-22(33-2)13-15-23/h3-17H,18H2,1-2H3,(H,30,31)/b29-17+. The molecule has 1 amide bonds. The normalized spacial score (nSPS) is 10.8. The molecule has 0 saturated heterocycles. The van der Waals surface area contributed by atoms with Crippen molar-refractivity contribution in [3.63, 3.8) is 0 Å². The van der Waals surface area contributed by atoms with Gasteiger partial charge in [-0.25, -0.2) is 10.2 Å². The second-order valence-electron chi connectivity index (χ2n) is 7.71. The molecule has 4 rings (SSSR count). The van der Waals surface area contributed by atoms with Crippen molar-refractivity contribution in [2.24, 2.45) is 5.10 Å². The Morgan fingerprint density at radius 1 is 0.886 bits per heavy atom. The Morgan fingerprint density at radius 2 is 1.60 bits per heavy atom. The number of methoxy groups -OCH3 is 1. The third kappa shape index (κ3) is 6.03. The fraction of sp³-hybridized carbons (Fsp3) is 0.107. The van der Waals surface area contributed by atoms with Crippen LogP contribution in [0.1, 0.15) is 21.5 Å². The van der Waals surface area contributed by atoms with E-state index in [1.54, 1.807) is 49.6 Å². The van der Waals surface area contributed by atoms with Crippen LogP contribution in [0.25, 0.3) is 10.8 Å². The number of carbonyl (C=O) groups is 2. The zero-order valence-corrected chi connectivity index (χ0v) is 19.4. The highest BCUT2D eigenvalue weighted by Gasteiger charge is 2.13. The minimum atomic E-state index is -0.480. The lowest BCUT2D eigenvalue weighted by Crippen LogP contribution is -2.24. The molecule has 176 valence electrons. The highest BCUT2D eigenvalue weighted by atomic mass is 16.5. The van der Waals surface area contributed by atoms with Crippen LogP contribution in [0.4, 0.5) is 0 Å². The van der Waals surface area contributed by atoms with Crippen LogP contribution < -0.4 is 19.6 Å². The predicted molar refractivity (Wildman–Crippen MR) is 134 cm³/mol. The molecule has 0 aromatic heterocycles. The number of benzene rings is 4. The molecule has 0 heterocycles. The lowest BCUT2D eigenvalue weighted by Gasteiger charge is -2.11. The van der Waals surface area contributed by atoms with Crippen molar-refractivity contribution < 1.29 is 23.8 Å². The van der Waals surface area contributed by atoms with Crippen molar-refractivity contribution in [3.8, 4) is 17.2 Å². The molecule has 0 aliphatic carbocycles. The Bertz CT molecular complexity index is 1360. The van der Waals surface area contributed by atoms with E-state index < -0.39 is 11.9 Å². The summed E-state index contributed by atoms with van der Waals surface area (Å²) < 4.78 is 16.2. The minimum absolute atomic E-state index is 0.214. The molecule has 4 aromatic carbocycles. The van der Waals surface area contributed by atoms with E-state index in [4.69, 9.17) is 14.2 Å². The number of rotatable bonds is 8. The van der Waals surface area contributed by atoms with E-state index in [1.165, 1.54) is 6.21 Å². The van der Waals surface area contributed by atoms with Gasteiger partial charge in [0.05, 0.1) is 18.9 Å². The molecule has 0 saturated carbocycles. The highest BCUT2D eigenvalue weighted by Crippen LogP contribution is 2.27. The summed E-state index contributed by atoms with van der Waals surface area (Å²) in [6.45, 7) is 1.73. The number of carbonyl (C=O) groups excluding carboxylic acids is 2. The van der Waals surface area contributed by atoms with Crippen LogP contribution in [0.15, 0.2) is 90.0 Å². The fourth-order valence-corrected chi connectivity index (χ4v) is 3.37. The number of hydrogen-bond acceptors (Lipinski definition) is 6. The number of esters is 1. The topological polar surface area (TPSA) is 86.2 Å². The number of hydrogen-bond donors (Lipinski definition) is 1. The molecule has 0 bridgehead atoms. The molecule has 0 radical (unpaired) electrons. The van der Waals surface area contributed by atoms with E-state index in [2.05, 4.69) is 10.5 Å². The molecule has 7 heteroatoms. The van der Waals surface area contributed by atoms with Crippen molar-refractivity contribution in [2.45, 2.75) is 6.92 Å². The lowest BCUT2D eigenvalue weighted by molar-refractivity contribution is -0.123. The SMILES string of the molecule is COc1ccc(OCC(=O)N/N=C/c2c(OC(=O)c3ccc(C)cc3)ccc3ccccc23)cc1. The zero-order valence-electron chi connectivity index (χ0n) is 19.4. The van der Waals surface area contributed by atoms with Gasteiger partial charge in [-0.3, -0.25) is 4.79 Å². The summed E-state index contributed by atoms with van der Waals surface area (Å²) in [5, 5.41) is 5.84. The second-order valence-corrected chi connectivity index (χ2v) is 7.71. The lowest BCUT2D eigenvalue weighted by atomic mass is 10.0. The van der Waals surface area contributed by atoms with Crippen molar-refractivity contribution >= 4 is 28.9 Å². The number of amides is 1. The maximum atomic E-state index is 12.7. The van der Waals surface area contributed by atoms with Gasteiger partial charge in [-0.1, -0.05) is 48.0 Å². The average Bonchev–Trinajstić information content (AvgIpc) is 2.89. The Hall–Kier alpha value is -4.65. The van der Waals surface area contributed by atoms with Crippen molar-refractivity contribution in [1.29, 1.82) is 0 Å². The molecule has 1 N–H and O–H groups in total. The van der Waals surface area contributed by atoms with Gasteiger partial charge in [-0.2, -0.15) is 5.10 Å². The number of ether oxygens (including phenoxy) is 3. The first-order chi connectivity index (χ1) is 17.0. The van der Waals surface area contributed by atoms with Gasteiger partial charge < -0.3 is 14.2 Å². The van der Waals surface area contributed by atoms with Gasteiger partial charge in [0.15, 0.2) is 6.61 Å². The van der Waals surface area contributed by atoms with E-state index in [0.29, 0.717) is 28.4 Å². The molecule has 7 nitrogen and oxygen atoms in total. The molecule has 4 aromatic rings. The van der Waals surface area contributed by atoms with Crippen LogP contribution in [0, 0.1) is 6.92 Å². The Labute approximate surface area is 202 Å². The van der Waals surface area contributed by atoms with Crippen LogP contribution >= 0.6 is 0 Å². The van der Waals surface area contributed by atoms with E-state index in [-0.39, 0.29) is 6.61 Å². The summed E-state index contributed by atoms with van der Waals surface area (Å²) in [6, 6.07) is 25.3. The third-order valence-corrected chi connectivity index (χ3v) is 5.23. The highest BCUT2D eigenvalue weighted by molar-refractivity contribution is 6.04. The average molecular weight is 469 g/mol. The molecular weight excluding hydrogens is 444 g/mol. The summed E-state index contributed by atoms with van der Waals surface area (Å²) in [5.41, 5.74) is 4.51. The molecule has 0 aliphatic heterocycles. The third-order valence-electron chi connectivity index (χ3n) is 5.23. The fourth-order valence-electron chi connectivity index (χ4n) is 3.37. The summed E-state index contributed by atoms with van der Waals surface area (Å²) >= 11 is 0. The van der Waals surface area contributed by atoms with Crippen LogP contribution in [-0.4, -0.2) is 31.8 Å². The molecule has 0 fully saturated rings. The number of aryl methyl sites for hydroxylation is 1. The Kier molecular flexibility index (Phi) is 7.37. The van der Waals surface area contributed by atoms with Crippen molar-refractivity contribution in [3.05, 3.63) is 102 Å². The Morgan fingerprint density at radius 3 is 2.34 bits per heavy atom. The zero-order chi connectivity index (χ0) is 24.6. The van der Waals surface area contributed by atoms with Gasteiger partial charge in [-0.15, -0.1) is 0 Å². The number of fused-ring (bicyclic) bond motifs is 1. The quantitative estimate of drug-likeness (QED) is 0.172. The van der Waals surface area contributed by atoms with Crippen LogP contribution in [0.3, 0.4) is 0 Å². The number of hydrazone groups is 1. The van der Waals surface area contributed by atoms with Gasteiger partial charge >= 0.3 is 5.97 Å². The maximum Gasteiger partial charge on any atom is 0.343 e. The first-order valence-corrected chi connectivity index (χ1v) is 10.9. The maximum absolute atomic E-state index is 12.7. The molecule has 35 heavy (non-hydrogen) atoms. The van der Waals surface area contributed by atoms with Crippen LogP contribution in [-0.2, 0) is 4.79 Å². The first kappa shape index (κ1) is 23.5. The second kappa shape index (κ2) is 11.0. The van der Waals surface area contributed by atoms with Gasteiger partial charge in [0.1, 0.15) is 17.2 Å². The molecule has 0 unspecified atom stereocenters. The number of nitrogens with one attached hydrogen (secondary N) is 1. The van der Waals surface area contributed by atoms with Crippen molar-refractivity contribution in [2.75, 3.05) is 13.7 Å². The minimum Gasteiger partial charge on any atom is -0.497 e. The first-order valence-electron chi connectivity index (χ1n) is 10.9. The monoisotopic (exact) mass is 468 g/mol. The summed E-state index contributed by atoms with van der Waals surface area (Å²) in [6.07, 6.45) is 1.46. The van der Waals surface area contributed by atoms with Crippen LogP contribution in [0.5, 0.6) is 17.2 Å². The molecule has 0 spiro atoms. The molecule has 0 atom stereocenters. The smallest absolute Gasteiger partial charge is 0.343 e. The Balaban J connectivity index is 1.47. The van der Waals surface area contributed by atoms with E-state index in [0.717, 1.165) is 16.3 Å². The van der Waals surface area contributed by atoms with E-state index >= 15 is 0 Å². The van der Waals surface area contributed by atoms with Crippen LogP contribution in [0.2, 0.25) is 0 Å². The van der Waals surface area contributed by atoms with Gasteiger partial charge in [-0.05, 0) is 60.2 Å². The van der Waals surface area contributed by atoms with Gasteiger partial charge in [0, 0.05) is 5.56 Å². The van der Waals surface area contributed by atoms with Crippen molar-refractivity contribution in [1.82, 2.24) is 5.43 Å². The predicted octanol–water partition coefficient (Wildman–Crippen LogP) is 4.91. The van der Waals surface area contributed by atoms with Gasteiger partial charge in [0.2, 0.25) is 0 Å². The van der Waals surface area contributed by atoms with E-state index in [1.807, 2.05) is 49.4 Å². The number of nitrogens with zero attached hydrogens (tertiary/aromatic N) is 1. The van der Waals surface area contributed by atoms with Gasteiger partial charge in [0.25, 0.3) is 5.91 Å². The molecule has 0 aliphatic rings. The summed E-state index contributed by atoms with van der Waals surface area (Å²) in [5.74, 6) is 0.647.